The largest absolute Gasteiger partial charge is 0.292 e. The Bertz CT molecular complexity index is 985. The first-order chi connectivity index (χ1) is 11.7. The lowest BCUT2D eigenvalue weighted by molar-refractivity contribution is 0.561. The third-order valence-corrected chi connectivity index (χ3v) is 5.90. The van der Waals surface area contributed by atoms with Crippen LogP contribution in [0.2, 0.25) is 0 Å². The first-order valence-electron chi connectivity index (χ1n) is 7.19. The van der Waals surface area contributed by atoms with Gasteiger partial charge in [0.05, 0.1) is 12.0 Å². The molecular formula is C17H13Br2FN2O2S. The van der Waals surface area contributed by atoms with E-state index >= 15 is 0 Å². The second-order valence-corrected chi connectivity index (χ2v) is 9.03. The Morgan fingerprint density at radius 3 is 2.28 bits per heavy atom. The Morgan fingerprint density at radius 2 is 1.76 bits per heavy atom. The first-order valence-corrected chi connectivity index (χ1v) is 10.3. The van der Waals surface area contributed by atoms with Gasteiger partial charge in [0.1, 0.15) is 10.7 Å². The molecule has 0 saturated heterocycles. The number of halogens is 3. The minimum absolute atomic E-state index is 0.376. The number of hydrogen-bond acceptors (Lipinski definition) is 3. The molecule has 0 aliphatic carbocycles. The van der Waals surface area contributed by atoms with Gasteiger partial charge in [0.15, 0.2) is 0 Å². The lowest BCUT2D eigenvalue weighted by Gasteiger charge is -2.32. The van der Waals surface area contributed by atoms with E-state index in [0.29, 0.717) is 12.1 Å². The number of dihydropyridines is 1. The standard InChI is InChI=1S/C17H13Br2FN2O2S/c18-13-6-12(7-14(19)9-13)17(4-1-5-22-10-17)11-2-3-16(15(20)8-11)25(21,23)24/h1-9H,10H2,(H2,21,23,24). The summed E-state index contributed by atoms with van der Waals surface area (Å²) in [4.78, 5) is 3.81. The van der Waals surface area contributed by atoms with E-state index in [1.807, 2.05) is 24.3 Å². The van der Waals surface area contributed by atoms with Gasteiger partial charge in [0, 0.05) is 15.2 Å². The molecule has 0 amide bonds. The highest BCUT2D eigenvalue weighted by Gasteiger charge is 2.34. The van der Waals surface area contributed by atoms with E-state index < -0.39 is 26.2 Å². The molecule has 0 bridgehead atoms. The summed E-state index contributed by atoms with van der Waals surface area (Å²) in [5, 5.41) is 5.05. The summed E-state index contributed by atoms with van der Waals surface area (Å²) < 4.78 is 39.1. The molecule has 1 heterocycles. The molecule has 1 unspecified atom stereocenters. The van der Waals surface area contributed by atoms with Crippen LogP contribution in [0.1, 0.15) is 11.1 Å². The van der Waals surface area contributed by atoms with Crippen LogP contribution >= 0.6 is 31.9 Å². The SMILES string of the molecule is NS(=O)(=O)c1ccc(C2(c3cc(Br)cc(Br)c3)C=CC=NC2)cc1F. The Balaban J connectivity index is 2.22. The summed E-state index contributed by atoms with van der Waals surface area (Å²) in [6.07, 6.45) is 5.41. The average Bonchev–Trinajstić information content (AvgIpc) is 2.53. The Kier molecular flexibility index (Phi) is 4.98. The maximum atomic E-state index is 14.4. The molecule has 130 valence electrons. The van der Waals surface area contributed by atoms with Crippen molar-refractivity contribution in [1.29, 1.82) is 0 Å². The zero-order valence-electron chi connectivity index (χ0n) is 12.8. The van der Waals surface area contributed by atoms with Crippen molar-refractivity contribution < 1.29 is 12.8 Å². The molecule has 2 aromatic rings. The summed E-state index contributed by atoms with van der Waals surface area (Å²) in [5.74, 6) is -0.878. The predicted molar refractivity (Wildman–Crippen MR) is 103 cm³/mol. The van der Waals surface area contributed by atoms with E-state index in [2.05, 4.69) is 36.9 Å². The maximum absolute atomic E-state index is 14.4. The van der Waals surface area contributed by atoms with Gasteiger partial charge in [-0.15, -0.1) is 0 Å². The number of sulfonamides is 1. The third kappa shape index (κ3) is 3.62. The molecule has 25 heavy (non-hydrogen) atoms. The number of hydrogen-bond donors (Lipinski definition) is 1. The molecule has 0 aromatic heterocycles. The fraction of sp³-hybridized carbons (Fsp3) is 0.118. The van der Waals surface area contributed by atoms with Gasteiger partial charge in [0.2, 0.25) is 10.0 Å². The van der Waals surface area contributed by atoms with Crippen molar-refractivity contribution in [2.24, 2.45) is 10.1 Å². The maximum Gasteiger partial charge on any atom is 0.240 e. The summed E-state index contributed by atoms with van der Waals surface area (Å²) in [6, 6.07) is 9.74. The van der Waals surface area contributed by atoms with Gasteiger partial charge in [-0.2, -0.15) is 0 Å². The normalized spacial score (nSPS) is 20.0. The topological polar surface area (TPSA) is 72.5 Å². The average molecular weight is 488 g/mol. The van der Waals surface area contributed by atoms with Crippen LogP contribution in [0.5, 0.6) is 0 Å². The van der Waals surface area contributed by atoms with E-state index in [-0.39, 0.29) is 0 Å². The molecule has 0 spiro atoms. The summed E-state index contributed by atoms with van der Waals surface area (Å²) in [6.45, 7) is 0.376. The van der Waals surface area contributed by atoms with Gasteiger partial charge in [-0.3, -0.25) is 4.99 Å². The highest BCUT2D eigenvalue weighted by atomic mass is 79.9. The van der Waals surface area contributed by atoms with Crippen molar-refractivity contribution in [2.45, 2.75) is 10.3 Å². The van der Waals surface area contributed by atoms with E-state index in [1.165, 1.54) is 12.1 Å². The molecule has 2 N–H and O–H groups in total. The number of rotatable bonds is 3. The third-order valence-electron chi connectivity index (χ3n) is 4.04. The van der Waals surface area contributed by atoms with E-state index in [4.69, 9.17) is 5.14 Å². The van der Waals surface area contributed by atoms with E-state index in [0.717, 1.165) is 14.5 Å². The number of nitrogens with zero attached hydrogens (tertiary/aromatic N) is 1. The smallest absolute Gasteiger partial charge is 0.240 e. The van der Waals surface area contributed by atoms with Crippen LogP contribution in [-0.4, -0.2) is 21.2 Å². The van der Waals surface area contributed by atoms with Crippen molar-refractivity contribution in [3.63, 3.8) is 0 Å². The monoisotopic (exact) mass is 486 g/mol. The highest BCUT2D eigenvalue weighted by molar-refractivity contribution is 9.11. The molecule has 1 atom stereocenters. The molecule has 1 aliphatic rings. The zero-order valence-corrected chi connectivity index (χ0v) is 16.8. The Morgan fingerprint density at radius 1 is 1.08 bits per heavy atom. The van der Waals surface area contributed by atoms with Crippen molar-refractivity contribution in [3.8, 4) is 0 Å². The van der Waals surface area contributed by atoms with E-state index in [9.17, 15) is 12.8 Å². The minimum atomic E-state index is -4.12. The molecule has 3 rings (SSSR count). The van der Waals surface area contributed by atoms with Gasteiger partial charge < -0.3 is 0 Å². The van der Waals surface area contributed by atoms with Crippen LogP contribution in [0.4, 0.5) is 4.39 Å². The van der Waals surface area contributed by atoms with Crippen LogP contribution in [-0.2, 0) is 15.4 Å². The van der Waals surface area contributed by atoms with Crippen molar-refractivity contribution in [3.05, 3.63) is 74.4 Å². The van der Waals surface area contributed by atoms with Crippen molar-refractivity contribution in [2.75, 3.05) is 6.54 Å². The number of allylic oxidation sites excluding steroid dienone is 1. The number of primary sulfonamides is 1. The van der Waals surface area contributed by atoms with Gasteiger partial charge >= 0.3 is 0 Å². The van der Waals surface area contributed by atoms with E-state index in [1.54, 1.807) is 18.4 Å². The molecule has 0 radical (unpaired) electrons. The highest BCUT2D eigenvalue weighted by Crippen LogP contribution is 2.39. The Hall–Kier alpha value is -1.35. The van der Waals surface area contributed by atoms with Gasteiger partial charge in [-0.25, -0.2) is 17.9 Å². The first kappa shape index (κ1) is 18.4. The summed E-state index contributed by atoms with van der Waals surface area (Å²) in [7, 11) is -4.12. The second-order valence-electron chi connectivity index (χ2n) is 5.67. The number of aliphatic imine (C=N–C) groups is 1. The minimum Gasteiger partial charge on any atom is -0.292 e. The summed E-state index contributed by atoms with van der Waals surface area (Å²) >= 11 is 6.93. The number of nitrogens with two attached hydrogens (primary N) is 1. The van der Waals surface area contributed by atoms with Crippen LogP contribution in [0.15, 0.2) is 67.4 Å². The molecule has 1 aliphatic heterocycles. The lowest BCUT2D eigenvalue weighted by Crippen LogP contribution is -2.31. The van der Waals surface area contributed by atoms with Crippen molar-refractivity contribution in [1.82, 2.24) is 0 Å². The van der Waals surface area contributed by atoms with Gasteiger partial charge in [-0.05, 0) is 47.5 Å². The molecule has 4 nitrogen and oxygen atoms in total. The quantitative estimate of drug-likeness (QED) is 0.712. The van der Waals surface area contributed by atoms with Crippen LogP contribution < -0.4 is 5.14 Å². The van der Waals surface area contributed by atoms with Crippen LogP contribution in [0.3, 0.4) is 0 Å². The molecule has 2 aromatic carbocycles. The number of benzene rings is 2. The fourth-order valence-electron chi connectivity index (χ4n) is 2.88. The lowest BCUT2D eigenvalue weighted by atomic mass is 9.73. The second kappa shape index (κ2) is 6.75. The predicted octanol–water partition coefficient (Wildman–Crippen LogP) is 3.92. The zero-order chi connectivity index (χ0) is 18.2. The van der Waals surface area contributed by atoms with Gasteiger partial charge in [0.25, 0.3) is 0 Å². The van der Waals surface area contributed by atoms with Crippen molar-refractivity contribution >= 4 is 48.1 Å². The summed E-state index contributed by atoms with van der Waals surface area (Å²) in [5.41, 5.74) is 0.777. The molecule has 0 fully saturated rings. The van der Waals surface area contributed by atoms with Crippen LogP contribution in [0.25, 0.3) is 0 Å². The molecular weight excluding hydrogens is 475 g/mol. The molecule has 8 heteroatoms. The fourth-order valence-corrected chi connectivity index (χ4v) is 4.76. The van der Waals surface area contributed by atoms with Crippen LogP contribution in [0, 0.1) is 5.82 Å². The van der Waals surface area contributed by atoms with Gasteiger partial charge in [-0.1, -0.05) is 44.0 Å². The molecule has 0 saturated carbocycles. The Labute approximate surface area is 162 Å².